The molecule has 3 aromatic rings. The first kappa shape index (κ1) is 11.4. The molecule has 0 aliphatic rings. The summed E-state index contributed by atoms with van der Waals surface area (Å²) >= 11 is 7.55. The van der Waals surface area contributed by atoms with Crippen LogP contribution >= 0.6 is 22.9 Å². The zero-order chi connectivity index (χ0) is 12.7. The average Bonchev–Trinajstić information content (AvgIpc) is 2.78. The molecule has 1 aromatic carbocycles. The molecule has 1 N–H and O–H groups in total. The molecular formula is C13H9ClN2OS. The van der Waals surface area contributed by atoms with Crippen LogP contribution in [0.25, 0.3) is 20.7 Å². The van der Waals surface area contributed by atoms with Crippen LogP contribution in [0.2, 0.25) is 5.02 Å². The second-order valence-corrected chi connectivity index (χ2v) is 5.43. The van der Waals surface area contributed by atoms with Crippen LogP contribution in [0.15, 0.2) is 35.4 Å². The molecule has 0 bridgehead atoms. The highest BCUT2D eigenvalue weighted by atomic mass is 35.5. The van der Waals surface area contributed by atoms with Crippen molar-refractivity contribution in [2.75, 3.05) is 0 Å². The van der Waals surface area contributed by atoms with Crippen molar-refractivity contribution in [3.63, 3.8) is 0 Å². The Morgan fingerprint density at radius 2 is 2.22 bits per heavy atom. The highest BCUT2D eigenvalue weighted by Crippen LogP contribution is 2.34. The minimum atomic E-state index is -0.101. The van der Waals surface area contributed by atoms with Crippen molar-refractivity contribution in [2.45, 2.75) is 6.92 Å². The van der Waals surface area contributed by atoms with E-state index in [-0.39, 0.29) is 5.56 Å². The zero-order valence-electron chi connectivity index (χ0n) is 9.53. The van der Waals surface area contributed by atoms with Crippen LogP contribution in [-0.2, 0) is 0 Å². The summed E-state index contributed by atoms with van der Waals surface area (Å²) in [6.45, 7) is 1.97. The summed E-state index contributed by atoms with van der Waals surface area (Å²) in [5, 5.41) is 0.729. The van der Waals surface area contributed by atoms with Gasteiger partial charge in [0, 0.05) is 9.90 Å². The predicted octanol–water partition coefficient (Wildman–Crippen LogP) is 3.61. The van der Waals surface area contributed by atoms with E-state index in [1.165, 1.54) is 17.7 Å². The van der Waals surface area contributed by atoms with Crippen molar-refractivity contribution >= 4 is 33.2 Å². The number of hydrogen-bond donors (Lipinski definition) is 1. The Balaban J connectivity index is 2.29. The average molecular weight is 277 g/mol. The van der Waals surface area contributed by atoms with Crippen LogP contribution < -0.4 is 5.56 Å². The Labute approximate surface area is 112 Å². The summed E-state index contributed by atoms with van der Waals surface area (Å²) < 4.78 is 0.645. The van der Waals surface area contributed by atoms with Gasteiger partial charge in [0.05, 0.1) is 11.8 Å². The van der Waals surface area contributed by atoms with E-state index >= 15 is 0 Å². The Morgan fingerprint density at radius 3 is 3.00 bits per heavy atom. The number of nitrogens with zero attached hydrogens (tertiary/aromatic N) is 1. The third-order valence-corrected chi connectivity index (χ3v) is 4.42. The first-order valence-corrected chi connectivity index (χ1v) is 6.59. The number of fused-ring (bicyclic) bond motifs is 1. The molecule has 0 aliphatic heterocycles. The largest absolute Gasteiger partial charge is 0.312 e. The fourth-order valence-electron chi connectivity index (χ4n) is 1.87. The molecule has 0 amide bonds. The maximum Gasteiger partial charge on any atom is 0.268 e. The lowest BCUT2D eigenvalue weighted by Gasteiger charge is -2.03. The van der Waals surface area contributed by atoms with Gasteiger partial charge in [0.1, 0.15) is 4.70 Å². The maximum absolute atomic E-state index is 11.7. The number of rotatable bonds is 1. The van der Waals surface area contributed by atoms with E-state index in [0.717, 1.165) is 26.5 Å². The summed E-state index contributed by atoms with van der Waals surface area (Å²) in [5.74, 6) is 0. The first-order chi connectivity index (χ1) is 8.66. The van der Waals surface area contributed by atoms with Crippen LogP contribution in [0, 0.1) is 6.92 Å². The maximum atomic E-state index is 11.7. The molecule has 2 aromatic heterocycles. The Hall–Kier alpha value is -1.65. The Bertz CT molecular complexity index is 791. The molecule has 0 fully saturated rings. The molecule has 0 unspecified atom stereocenters. The van der Waals surface area contributed by atoms with Crippen molar-refractivity contribution < 1.29 is 0 Å². The quantitative estimate of drug-likeness (QED) is 0.738. The van der Waals surface area contributed by atoms with Crippen molar-refractivity contribution in [1.82, 2.24) is 9.97 Å². The molecule has 18 heavy (non-hydrogen) atoms. The van der Waals surface area contributed by atoms with Crippen LogP contribution in [0.4, 0.5) is 0 Å². The van der Waals surface area contributed by atoms with Gasteiger partial charge in [0.2, 0.25) is 0 Å². The molecule has 0 saturated heterocycles. The van der Waals surface area contributed by atoms with E-state index in [2.05, 4.69) is 9.97 Å². The van der Waals surface area contributed by atoms with Gasteiger partial charge in [0.25, 0.3) is 5.56 Å². The lowest BCUT2D eigenvalue weighted by Crippen LogP contribution is -2.02. The second-order valence-electron chi connectivity index (χ2n) is 3.97. The number of aromatic amines is 1. The smallest absolute Gasteiger partial charge is 0.268 e. The third kappa shape index (κ3) is 1.74. The molecule has 0 radical (unpaired) electrons. The summed E-state index contributed by atoms with van der Waals surface area (Å²) in [7, 11) is 0. The molecule has 3 nitrogen and oxygen atoms in total. The van der Waals surface area contributed by atoms with Gasteiger partial charge in [-0.2, -0.15) is 0 Å². The molecule has 2 heterocycles. The van der Waals surface area contributed by atoms with Gasteiger partial charge in [-0.05, 0) is 30.2 Å². The van der Waals surface area contributed by atoms with Crippen LogP contribution in [0.3, 0.4) is 0 Å². The van der Waals surface area contributed by atoms with Crippen molar-refractivity contribution in [3.05, 3.63) is 51.5 Å². The van der Waals surface area contributed by atoms with E-state index in [1.54, 1.807) is 0 Å². The number of H-pyrrole nitrogens is 1. The number of thiophene rings is 1. The fourth-order valence-corrected chi connectivity index (χ4v) is 3.14. The van der Waals surface area contributed by atoms with Gasteiger partial charge < -0.3 is 4.98 Å². The van der Waals surface area contributed by atoms with Crippen molar-refractivity contribution in [1.29, 1.82) is 0 Å². The second kappa shape index (κ2) is 4.23. The molecule has 3 rings (SSSR count). The molecule has 0 spiro atoms. The van der Waals surface area contributed by atoms with Gasteiger partial charge >= 0.3 is 0 Å². The van der Waals surface area contributed by atoms with E-state index in [0.29, 0.717) is 4.70 Å². The Kier molecular flexibility index (Phi) is 2.69. The number of nitrogens with one attached hydrogen (secondary N) is 1. The molecule has 0 saturated carbocycles. The fraction of sp³-hybridized carbons (Fsp3) is 0.0769. The van der Waals surface area contributed by atoms with Crippen LogP contribution in [0.5, 0.6) is 0 Å². The van der Waals surface area contributed by atoms with Gasteiger partial charge in [0.15, 0.2) is 0 Å². The molecule has 5 heteroatoms. The lowest BCUT2D eigenvalue weighted by atomic mass is 10.1. The van der Waals surface area contributed by atoms with E-state index in [9.17, 15) is 4.79 Å². The monoisotopic (exact) mass is 276 g/mol. The van der Waals surface area contributed by atoms with Gasteiger partial charge in [-0.1, -0.05) is 23.7 Å². The van der Waals surface area contributed by atoms with Crippen LogP contribution in [0.1, 0.15) is 5.56 Å². The highest BCUT2D eigenvalue weighted by Gasteiger charge is 2.10. The molecule has 90 valence electrons. The lowest BCUT2D eigenvalue weighted by molar-refractivity contribution is 1.18. The van der Waals surface area contributed by atoms with Gasteiger partial charge in [-0.3, -0.25) is 4.79 Å². The minimum absolute atomic E-state index is 0.101. The van der Waals surface area contributed by atoms with E-state index in [1.807, 2.05) is 31.2 Å². The number of hydrogen-bond acceptors (Lipinski definition) is 3. The summed E-state index contributed by atoms with van der Waals surface area (Å²) in [5.41, 5.74) is 2.68. The van der Waals surface area contributed by atoms with Crippen molar-refractivity contribution in [2.24, 2.45) is 0 Å². The van der Waals surface area contributed by atoms with Gasteiger partial charge in [-0.15, -0.1) is 11.3 Å². The van der Waals surface area contributed by atoms with E-state index in [4.69, 9.17) is 11.6 Å². The predicted molar refractivity (Wildman–Crippen MR) is 75.4 cm³/mol. The summed E-state index contributed by atoms with van der Waals surface area (Å²) in [6, 6.07) is 7.69. The first-order valence-electron chi connectivity index (χ1n) is 5.39. The van der Waals surface area contributed by atoms with Crippen LogP contribution in [-0.4, -0.2) is 9.97 Å². The zero-order valence-corrected chi connectivity index (χ0v) is 11.1. The number of aromatic nitrogens is 2. The number of halogens is 1. The number of benzene rings is 1. The summed E-state index contributed by atoms with van der Waals surface area (Å²) in [4.78, 5) is 19.4. The molecular weight excluding hydrogens is 268 g/mol. The van der Waals surface area contributed by atoms with E-state index < -0.39 is 0 Å². The normalized spacial score (nSPS) is 11.0. The SMILES string of the molecule is Cc1c(Cl)cccc1-c1cc2nc[nH]c(=O)c2s1. The topological polar surface area (TPSA) is 45.8 Å². The highest BCUT2D eigenvalue weighted by molar-refractivity contribution is 7.22. The molecule has 0 aliphatic carbocycles. The van der Waals surface area contributed by atoms with Crippen molar-refractivity contribution in [3.8, 4) is 10.4 Å². The minimum Gasteiger partial charge on any atom is -0.312 e. The molecule has 0 atom stereocenters. The Morgan fingerprint density at radius 1 is 1.39 bits per heavy atom. The third-order valence-electron chi connectivity index (χ3n) is 2.85. The standard InChI is InChI=1S/C13H9ClN2OS/c1-7-8(3-2-4-9(7)14)11-5-10-12(18-11)13(17)16-6-15-10/h2-6H,1H3,(H,15,16,17). The van der Waals surface area contributed by atoms with Gasteiger partial charge in [-0.25, -0.2) is 4.98 Å². The summed E-state index contributed by atoms with van der Waals surface area (Å²) in [6.07, 6.45) is 1.42.